The monoisotopic (exact) mass is 483 g/mol. The van der Waals surface area contributed by atoms with E-state index in [-0.39, 0.29) is 21.5 Å². The van der Waals surface area contributed by atoms with Gasteiger partial charge in [0.05, 0.1) is 31.7 Å². The molecule has 2 aromatic heterocycles. The molecule has 0 amide bonds. The Labute approximate surface area is 181 Å². The van der Waals surface area contributed by atoms with Crippen molar-refractivity contribution >= 4 is 63.6 Å². The summed E-state index contributed by atoms with van der Waals surface area (Å²) in [5.41, 5.74) is 0.149. The molecule has 3 rings (SSSR count). The third-order valence-electron chi connectivity index (χ3n) is 3.85. The van der Waals surface area contributed by atoms with Gasteiger partial charge in [-0.15, -0.1) is 0 Å². The van der Waals surface area contributed by atoms with Crippen LogP contribution in [0.5, 0.6) is 0 Å². The molecule has 0 radical (unpaired) electrons. The van der Waals surface area contributed by atoms with E-state index in [0.717, 1.165) is 17.8 Å². The van der Waals surface area contributed by atoms with Gasteiger partial charge in [-0.3, -0.25) is 4.79 Å². The third kappa shape index (κ3) is 5.09. The maximum atomic E-state index is 12.8. The highest BCUT2D eigenvalue weighted by atomic mass is 35.5. The lowest BCUT2D eigenvalue weighted by atomic mass is 10.3. The number of hydrogen-bond acceptors (Lipinski definition) is 4. The van der Waals surface area contributed by atoms with Gasteiger partial charge in [0.1, 0.15) is 5.03 Å². The molecule has 0 aliphatic rings. The van der Waals surface area contributed by atoms with E-state index in [1.807, 2.05) is 0 Å². The topological polar surface area (TPSA) is 68.0 Å². The van der Waals surface area contributed by atoms with E-state index < -0.39 is 17.7 Å². The van der Waals surface area contributed by atoms with Crippen molar-refractivity contribution in [2.45, 2.75) is 35.7 Å². The Kier molecular flexibility index (Phi) is 6.52. The van der Waals surface area contributed by atoms with Crippen LogP contribution in [-0.4, -0.2) is 25.6 Å². The van der Waals surface area contributed by atoms with Crippen molar-refractivity contribution < 1.29 is 23.1 Å². The molecule has 5 nitrogen and oxygen atoms in total. The highest BCUT2D eigenvalue weighted by Gasteiger charge is 2.31. The fourth-order valence-corrected chi connectivity index (χ4v) is 4.00. The molecule has 0 aliphatic heterocycles. The first-order valence-corrected chi connectivity index (χ1v) is 9.99. The number of carbonyl (C=O) groups is 1. The number of fused-ring (bicyclic) bond motifs is 1. The van der Waals surface area contributed by atoms with Crippen molar-refractivity contribution in [1.82, 2.24) is 14.5 Å². The van der Waals surface area contributed by atoms with E-state index >= 15 is 0 Å². The summed E-state index contributed by atoms with van der Waals surface area (Å²) in [5, 5.41) is 9.79. The summed E-state index contributed by atoms with van der Waals surface area (Å²) in [5.74, 6) is -0.947. The first kappa shape index (κ1) is 22.0. The minimum Gasteiger partial charge on any atom is -0.481 e. The summed E-state index contributed by atoms with van der Waals surface area (Å²) in [6.45, 7) is 0.293. The number of nitrogens with zero attached hydrogens (tertiary/aromatic N) is 3. The maximum Gasteiger partial charge on any atom is 0.417 e. The Balaban J connectivity index is 2.00. The molecule has 0 saturated carbocycles. The number of rotatable bonds is 6. The van der Waals surface area contributed by atoms with Gasteiger partial charge in [0.15, 0.2) is 5.16 Å². The molecule has 3 aromatic rings. The number of carboxylic acid groups (broad SMARTS) is 1. The second-order valence-corrected chi connectivity index (χ2v) is 8.09. The largest absolute Gasteiger partial charge is 0.481 e. The lowest BCUT2D eigenvalue weighted by molar-refractivity contribution is -0.138. The Bertz CT molecular complexity index is 1090. The number of aliphatic carboxylic acids is 1. The van der Waals surface area contributed by atoms with Crippen molar-refractivity contribution in [3.05, 3.63) is 45.0 Å². The molecular weight excluding hydrogens is 474 g/mol. The van der Waals surface area contributed by atoms with Crippen LogP contribution in [0.4, 0.5) is 13.2 Å². The van der Waals surface area contributed by atoms with Crippen LogP contribution in [0.2, 0.25) is 15.1 Å². The molecule has 0 atom stereocenters. The van der Waals surface area contributed by atoms with Crippen molar-refractivity contribution in [1.29, 1.82) is 0 Å². The van der Waals surface area contributed by atoms with Crippen molar-refractivity contribution in [3.63, 3.8) is 0 Å². The number of imidazole rings is 1. The molecule has 12 heteroatoms. The Morgan fingerprint density at radius 3 is 2.45 bits per heavy atom. The van der Waals surface area contributed by atoms with E-state index in [0.29, 0.717) is 40.4 Å². The number of pyridine rings is 1. The zero-order valence-electron chi connectivity index (χ0n) is 14.3. The molecule has 0 aliphatic carbocycles. The fraction of sp³-hybridized carbons (Fsp3) is 0.235. The molecule has 0 saturated heterocycles. The van der Waals surface area contributed by atoms with Gasteiger partial charge in [0, 0.05) is 19.2 Å². The van der Waals surface area contributed by atoms with Gasteiger partial charge < -0.3 is 9.67 Å². The molecule has 0 fully saturated rings. The Hall–Kier alpha value is -1.68. The lowest BCUT2D eigenvalue weighted by Crippen LogP contribution is -2.06. The predicted molar refractivity (Wildman–Crippen MR) is 105 cm³/mol. The van der Waals surface area contributed by atoms with Gasteiger partial charge in [0.25, 0.3) is 0 Å². The first-order valence-electron chi connectivity index (χ1n) is 8.04. The summed E-state index contributed by atoms with van der Waals surface area (Å²) in [4.78, 5) is 19.1. The lowest BCUT2D eigenvalue weighted by Gasteiger charge is -2.10. The van der Waals surface area contributed by atoms with Crippen LogP contribution in [0.15, 0.2) is 34.6 Å². The molecular formula is C17H11Cl3F3N3O2S. The van der Waals surface area contributed by atoms with Crippen LogP contribution in [0, 0.1) is 0 Å². The Morgan fingerprint density at radius 1 is 1.14 bits per heavy atom. The molecule has 29 heavy (non-hydrogen) atoms. The smallest absolute Gasteiger partial charge is 0.417 e. The number of hydrogen-bond donors (Lipinski definition) is 1. The second-order valence-electron chi connectivity index (χ2n) is 5.91. The summed E-state index contributed by atoms with van der Waals surface area (Å²) < 4.78 is 40.2. The average molecular weight is 485 g/mol. The van der Waals surface area contributed by atoms with Crippen LogP contribution < -0.4 is 0 Å². The second kappa shape index (κ2) is 8.59. The molecule has 154 valence electrons. The normalized spacial score (nSPS) is 11.9. The zero-order chi connectivity index (χ0) is 21.3. The van der Waals surface area contributed by atoms with Crippen molar-refractivity contribution in [3.8, 4) is 0 Å². The number of halogens is 6. The minimum absolute atomic E-state index is 0.0651. The van der Waals surface area contributed by atoms with Gasteiger partial charge >= 0.3 is 12.1 Å². The van der Waals surface area contributed by atoms with E-state index in [1.165, 1.54) is 0 Å². The quantitative estimate of drug-likeness (QED) is 0.437. The molecule has 2 heterocycles. The summed E-state index contributed by atoms with van der Waals surface area (Å²) in [6.07, 6.45) is -3.62. The van der Waals surface area contributed by atoms with Crippen LogP contribution in [0.25, 0.3) is 11.0 Å². The van der Waals surface area contributed by atoms with E-state index in [9.17, 15) is 18.0 Å². The molecule has 0 bridgehead atoms. The number of alkyl halides is 3. The summed E-state index contributed by atoms with van der Waals surface area (Å²) in [6, 6.07) is 3.94. The summed E-state index contributed by atoms with van der Waals surface area (Å²) >= 11 is 19.1. The third-order valence-corrected chi connectivity index (χ3v) is 5.99. The number of carboxylic acids is 1. The van der Waals surface area contributed by atoms with E-state index in [1.54, 1.807) is 16.7 Å². The standard InChI is InChI=1S/C17H11Cl3F3N3O2S/c18-9-5-12-13(6-10(9)19)26(3-1-2-14(27)28)16(25-12)29-15-11(20)4-8(7-24-15)17(21,22)23/h4-7H,1-3H2,(H,27,28). The van der Waals surface area contributed by atoms with Gasteiger partial charge in [-0.1, -0.05) is 34.8 Å². The van der Waals surface area contributed by atoms with Crippen LogP contribution in [0.3, 0.4) is 0 Å². The average Bonchev–Trinajstić information content (AvgIpc) is 2.92. The number of aryl methyl sites for hydroxylation is 1. The van der Waals surface area contributed by atoms with Crippen LogP contribution >= 0.6 is 46.6 Å². The highest BCUT2D eigenvalue weighted by molar-refractivity contribution is 7.99. The van der Waals surface area contributed by atoms with Gasteiger partial charge in [0.2, 0.25) is 0 Å². The SMILES string of the molecule is O=C(O)CCCn1c(Sc2ncc(C(F)(F)F)cc2Cl)nc2cc(Cl)c(Cl)cc21. The molecule has 0 unspecified atom stereocenters. The van der Waals surface area contributed by atoms with Crippen molar-refractivity contribution in [2.24, 2.45) is 0 Å². The maximum absolute atomic E-state index is 12.8. The van der Waals surface area contributed by atoms with Crippen molar-refractivity contribution in [2.75, 3.05) is 0 Å². The number of benzene rings is 1. The molecule has 1 aromatic carbocycles. The number of aromatic nitrogens is 3. The minimum atomic E-state index is -4.56. The highest BCUT2D eigenvalue weighted by Crippen LogP contribution is 2.38. The zero-order valence-corrected chi connectivity index (χ0v) is 17.4. The van der Waals surface area contributed by atoms with Crippen LogP contribution in [-0.2, 0) is 17.5 Å². The molecule has 1 N–H and O–H groups in total. The summed E-state index contributed by atoms with van der Waals surface area (Å²) in [7, 11) is 0. The van der Waals surface area contributed by atoms with Crippen LogP contribution in [0.1, 0.15) is 18.4 Å². The Morgan fingerprint density at radius 2 is 1.83 bits per heavy atom. The van der Waals surface area contributed by atoms with Gasteiger partial charge in [-0.05, 0) is 36.4 Å². The predicted octanol–water partition coefficient (Wildman–Crippen LogP) is 6.43. The van der Waals surface area contributed by atoms with Gasteiger partial charge in [-0.2, -0.15) is 13.2 Å². The first-order chi connectivity index (χ1) is 13.6. The van der Waals surface area contributed by atoms with E-state index in [2.05, 4.69) is 9.97 Å². The van der Waals surface area contributed by atoms with E-state index in [4.69, 9.17) is 39.9 Å². The molecule has 0 spiro atoms. The fourth-order valence-electron chi connectivity index (χ4n) is 2.52. The van der Waals surface area contributed by atoms with Gasteiger partial charge in [-0.25, -0.2) is 9.97 Å².